The molecule has 154 valence electrons. The van der Waals surface area contributed by atoms with Gasteiger partial charge in [0.25, 0.3) is 5.56 Å². The van der Waals surface area contributed by atoms with Crippen LogP contribution in [0.5, 0.6) is 0 Å². The predicted molar refractivity (Wildman–Crippen MR) is 125 cm³/mol. The number of fused-ring (bicyclic) bond motifs is 3. The number of anilines is 2. The number of nitrogens with zero attached hydrogens (tertiary/aromatic N) is 5. The largest absolute Gasteiger partial charge is 0.377 e. The number of rotatable bonds is 3. The van der Waals surface area contributed by atoms with E-state index in [0.717, 1.165) is 64.7 Å². The molecule has 5 rings (SSSR count). The van der Waals surface area contributed by atoms with Gasteiger partial charge in [0.2, 0.25) is 0 Å². The van der Waals surface area contributed by atoms with Crippen molar-refractivity contribution in [3.05, 3.63) is 52.6 Å². The van der Waals surface area contributed by atoms with Crippen molar-refractivity contribution in [3.63, 3.8) is 0 Å². The van der Waals surface area contributed by atoms with Crippen LogP contribution in [0.15, 0.2) is 41.5 Å². The zero-order valence-electron chi connectivity index (χ0n) is 17.3. The van der Waals surface area contributed by atoms with E-state index < -0.39 is 0 Å². The van der Waals surface area contributed by atoms with E-state index in [1.54, 1.807) is 10.9 Å². The number of thiophene rings is 1. The molecule has 7 nitrogen and oxygen atoms in total. The molecule has 4 aromatic rings. The van der Waals surface area contributed by atoms with Crippen molar-refractivity contribution in [2.75, 3.05) is 50.1 Å². The summed E-state index contributed by atoms with van der Waals surface area (Å²) >= 11 is 1.43. The average molecular weight is 421 g/mol. The Morgan fingerprint density at radius 3 is 2.57 bits per heavy atom. The lowest BCUT2D eigenvalue weighted by atomic mass is 10.2. The zero-order chi connectivity index (χ0) is 20.8. The summed E-state index contributed by atoms with van der Waals surface area (Å²) < 4.78 is 2.25. The van der Waals surface area contributed by atoms with E-state index in [1.165, 1.54) is 11.3 Å². The first-order chi connectivity index (χ1) is 14.5. The van der Waals surface area contributed by atoms with Gasteiger partial charge < -0.3 is 15.1 Å². The highest BCUT2D eigenvalue weighted by Gasteiger charge is 2.21. The van der Waals surface area contributed by atoms with Crippen molar-refractivity contribution in [2.45, 2.75) is 6.92 Å². The summed E-state index contributed by atoms with van der Waals surface area (Å²) in [5.41, 5.74) is 3.69. The highest BCUT2D eigenvalue weighted by Crippen LogP contribution is 2.38. The number of pyridine rings is 1. The van der Waals surface area contributed by atoms with E-state index in [9.17, 15) is 4.79 Å². The molecule has 0 spiro atoms. The second kappa shape index (κ2) is 7.37. The molecule has 0 saturated carbocycles. The minimum atomic E-state index is -0.0553. The molecule has 1 aromatic carbocycles. The van der Waals surface area contributed by atoms with Crippen molar-refractivity contribution < 1.29 is 0 Å². The third-order valence-electron chi connectivity index (χ3n) is 5.55. The number of aromatic nitrogens is 3. The molecule has 4 heterocycles. The predicted octanol–water partition coefficient (Wildman–Crippen LogP) is 2.78. The smallest absolute Gasteiger partial charge is 0.275 e. The second-order valence-electron chi connectivity index (χ2n) is 7.85. The molecule has 1 N–H and O–H groups in total. The Morgan fingerprint density at radius 1 is 1.13 bits per heavy atom. The van der Waals surface area contributed by atoms with Crippen LogP contribution in [0, 0.1) is 6.92 Å². The van der Waals surface area contributed by atoms with E-state index in [0.29, 0.717) is 4.70 Å². The number of hydrogen-bond acceptors (Lipinski definition) is 7. The monoisotopic (exact) mass is 420 g/mol. The molecule has 0 bridgehead atoms. The molecular formula is C22H24N6OS. The van der Waals surface area contributed by atoms with Crippen LogP contribution in [-0.4, -0.2) is 54.8 Å². The fraction of sp³-hybridized carbons (Fsp3) is 0.318. The molecule has 30 heavy (non-hydrogen) atoms. The molecule has 8 heteroatoms. The Hall–Kier alpha value is -2.97. The van der Waals surface area contributed by atoms with E-state index in [-0.39, 0.29) is 5.56 Å². The SMILES string of the molecule is Cc1ccc(-n2cnc3c(sc4nc(N5CCNCC5)cc(N(C)C)c43)c2=O)cc1. The summed E-state index contributed by atoms with van der Waals surface area (Å²) in [6.45, 7) is 5.78. The molecule has 0 amide bonds. The molecule has 0 atom stereocenters. The zero-order valence-corrected chi connectivity index (χ0v) is 18.2. The van der Waals surface area contributed by atoms with Gasteiger partial charge in [0.05, 0.1) is 16.8 Å². The highest BCUT2D eigenvalue weighted by molar-refractivity contribution is 7.25. The summed E-state index contributed by atoms with van der Waals surface area (Å²) in [4.78, 5) is 28.2. The molecule has 1 fully saturated rings. The first-order valence-electron chi connectivity index (χ1n) is 10.1. The molecule has 1 saturated heterocycles. The van der Waals surface area contributed by atoms with Gasteiger partial charge in [0.15, 0.2) is 0 Å². The number of hydrogen-bond donors (Lipinski definition) is 1. The lowest BCUT2D eigenvalue weighted by Crippen LogP contribution is -2.43. The minimum Gasteiger partial charge on any atom is -0.377 e. The number of nitrogens with one attached hydrogen (secondary N) is 1. The van der Waals surface area contributed by atoms with Gasteiger partial charge in [-0.05, 0) is 19.1 Å². The number of piperazine rings is 1. The average Bonchev–Trinajstić information content (AvgIpc) is 3.14. The Bertz CT molecular complexity index is 1290. The van der Waals surface area contributed by atoms with E-state index in [2.05, 4.69) is 21.2 Å². The van der Waals surface area contributed by atoms with Crippen LogP contribution in [0.4, 0.5) is 11.5 Å². The van der Waals surface area contributed by atoms with Crippen molar-refractivity contribution in [3.8, 4) is 5.69 Å². The van der Waals surface area contributed by atoms with Gasteiger partial charge in [-0.25, -0.2) is 9.97 Å². The fourth-order valence-corrected chi connectivity index (χ4v) is 4.97. The summed E-state index contributed by atoms with van der Waals surface area (Å²) in [7, 11) is 4.04. The summed E-state index contributed by atoms with van der Waals surface area (Å²) in [6, 6.07) is 10.0. The molecule has 1 aliphatic rings. The van der Waals surface area contributed by atoms with Crippen molar-refractivity contribution >= 4 is 43.3 Å². The standard InChI is InChI=1S/C22H24N6OS/c1-14-4-6-15(7-5-14)28-13-24-19-18-16(26(2)3)12-17(27-10-8-23-9-11-27)25-21(18)30-20(19)22(28)29/h4-7,12-13,23H,8-11H2,1-3H3. The van der Waals surface area contributed by atoms with E-state index in [4.69, 9.17) is 9.97 Å². The molecule has 0 aliphatic carbocycles. The van der Waals surface area contributed by atoms with Gasteiger partial charge in [0, 0.05) is 46.3 Å². The Labute approximate surface area is 178 Å². The van der Waals surface area contributed by atoms with Gasteiger partial charge in [-0.15, -0.1) is 11.3 Å². The van der Waals surface area contributed by atoms with Crippen LogP contribution in [-0.2, 0) is 0 Å². The highest BCUT2D eigenvalue weighted by atomic mass is 32.1. The molecular weight excluding hydrogens is 396 g/mol. The summed E-state index contributed by atoms with van der Waals surface area (Å²) in [6.07, 6.45) is 1.63. The third kappa shape index (κ3) is 3.12. The van der Waals surface area contributed by atoms with Crippen LogP contribution >= 0.6 is 11.3 Å². The molecule has 0 radical (unpaired) electrons. The third-order valence-corrected chi connectivity index (χ3v) is 6.61. The van der Waals surface area contributed by atoms with E-state index >= 15 is 0 Å². The van der Waals surface area contributed by atoms with Crippen LogP contribution in [0.1, 0.15) is 5.56 Å². The molecule has 0 unspecified atom stereocenters. The maximum absolute atomic E-state index is 13.3. The first kappa shape index (κ1) is 19.0. The van der Waals surface area contributed by atoms with Gasteiger partial charge >= 0.3 is 0 Å². The van der Waals surface area contributed by atoms with Gasteiger partial charge in [-0.2, -0.15) is 0 Å². The van der Waals surface area contributed by atoms with Gasteiger partial charge in [-0.3, -0.25) is 9.36 Å². The fourth-order valence-electron chi connectivity index (χ4n) is 3.89. The van der Waals surface area contributed by atoms with Crippen LogP contribution in [0.3, 0.4) is 0 Å². The molecule has 1 aliphatic heterocycles. The normalized spacial score (nSPS) is 14.6. The maximum Gasteiger partial charge on any atom is 0.275 e. The minimum absolute atomic E-state index is 0.0553. The summed E-state index contributed by atoms with van der Waals surface area (Å²) in [5.74, 6) is 0.957. The Kier molecular flexibility index (Phi) is 4.67. The topological polar surface area (TPSA) is 66.3 Å². The van der Waals surface area contributed by atoms with Crippen molar-refractivity contribution in [1.82, 2.24) is 19.9 Å². The van der Waals surface area contributed by atoms with Gasteiger partial charge in [0.1, 0.15) is 27.2 Å². The first-order valence-corrected chi connectivity index (χ1v) is 10.9. The number of benzene rings is 1. The Morgan fingerprint density at radius 2 is 1.87 bits per heavy atom. The van der Waals surface area contributed by atoms with Crippen LogP contribution in [0.2, 0.25) is 0 Å². The van der Waals surface area contributed by atoms with Crippen molar-refractivity contribution in [1.29, 1.82) is 0 Å². The van der Waals surface area contributed by atoms with Crippen molar-refractivity contribution in [2.24, 2.45) is 0 Å². The van der Waals surface area contributed by atoms with Crippen LogP contribution < -0.4 is 20.7 Å². The number of aryl methyl sites for hydroxylation is 1. The van der Waals surface area contributed by atoms with Gasteiger partial charge in [-0.1, -0.05) is 17.7 Å². The van der Waals surface area contributed by atoms with Crippen LogP contribution in [0.25, 0.3) is 26.1 Å². The Balaban J connectivity index is 1.73. The second-order valence-corrected chi connectivity index (χ2v) is 8.85. The maximum atomic E-state index is 13.3. The quantitative estimate of drug-likeness (QED) is 0.550. The van der Waals surface area contributed by atoms with E-state index in [1.807, 2.05) is 45.3 Å². The lowest BCUT2D eigenvalue weighted by molar-refractivity contribution is 0.585. The molecule has 3 aromatic heterocycles. The lowest BCUT2D eigenvalue weighted by Gasteiger charge is -2.29. The summed E-state index contributed by atoms with van der Waals surface area (Å²) in [5, 5.41) is 4.33.